The Balaban J connectivity index is 3.34. The number of benzene rings is 1. The van der Waals surface area contributed by atoms with Crippen LogP contribution in [-0.4, -0.2) is 59.3 Å². The van der Waals surface area contributed by atoms with E-state index >= 15 is 0 Å². The maximum Gasteiger partial charge on any atom is 0.408 e. The van der Waals surface area contributed by atoms with Gasteiger partial charge in [0.25, 0.3) is 0 Å². The van der Waals surface area contributed by atoms with Crippen LogP contribution in [0.4, 0.5) is 4.79 Å². The highest BCUT2D eigenvalue weighted by atomic mass is 16.6. The summed E-state index contributed by atoms with van der Waals surface area (Å²) in [6, 6.07) is 5.36. The summed E-state index contributed by atoms with van der Waals surface area (Å²) in [6.45, 7) is 11.4. The van der Waals surface area contributed by atoms with Gasteiger partial charge in [-0.1, -0.05) is 57.4 Å². The Bertz CT molecular complexity index is 791. The van der Waals surface area contributed by atoms with E-state index in [9.17, 15) is 19.5 Å². The number of carbonyl (C=O) groups excluding carboxylic acids is 3. The predicted octanol–water partition coefficient (Wildman–Crippen LogP) is 3.86. The average Bonchev–Trinajstić information content (AvgIpc) is 2.76. The van der Waals surface area contributed by atoms with Crippen molar-refractivity contribution in [3.8, 4) is 0 Å². The highest BCUT2D eigenvalue weighted by molar-refractivity contribution is 5.92. The number of ether oxygens (including phenoxy) is 1. The van der Waals surface area contributed by atoms with Crippen LogP contribution in [0.1, 0.15) is 83.9 Å². The Morgan fingerprint density at radius 2 is 1.71 bits per heavy atom. The molecule has 0 saturated carbocycles. The normalized spacial score (nSPS) is 13.0. The largest absolute Gasteiger partial charge is 0.444 e. The minimum atomic E-state index is -1.23. The Labute approximate surface area is 204 Å². The molecule has 0 saturated heterocycles. The van der Waals surface area contributed by atoms with Crippen LogP contribution in [0, 0.1) is 6.92 Å². The molecule has 34 heavy (non-hydrogen) atoms. The summed E-state index contributed by atoms with van der Waals surface area (Å²) in [4.78, 5) is 40.8. The van der Waals surface area contributed by atoms with E-state index in [4.69, 9.17) is 4.74 Å². The van der Waals surface area contributed by atoms with Gasteiger partial charge in [-0.2, -0.15) is 0 Å². The van der Waals surface area contributed by atoms with Crippen molar-refractivity contribution in [2.45, 2.75) is 91.3 Å². The van der Waals surface area contributed by atoms with Crippen molar-refractivity contribution in [1.82, 2.24) is 15.5 Å². The molecule has 0 aliphatic carbocycles. The van der Waals surface area contributed by atoms with Crippen molar-refractivity contribution in [3.63, 3.8) is 0 Å². The molecule has 1 rings (SSSR count). The lowest BCUT2D eigenvalue weighted by Gasteiger charge is -2.34. The standard InChI is InChI=1S/C26H43N3O5/c1-7-9-13-17-29(24(32)21(18-30)28-25(33)34-26(4,5)6)22(23(31)27-16-10-8-2)20-15-12-11-14-19(20)3/h11-12,14-15,21-22,30H,7-10,13,16-18H2,1-6H3,(H,27,31)(H,28,33). The van der Waals surface area contributed by atoms with Gasteiger partial charge in [0.2, 0.25) is 11.8 Å². The van der Waals surface area contributed by atoms with Crippen molar-refractivity contribution in [1.29, 1.82) is 0 Å². The second-order valence-electron chi connectivity index (χ2n) is 9.52. The Kier molecular flexibility index (Phi) is 12.6. The van der Waals surface area contributed by atoms with Crippen LogP contribution in [-0.2, 0) is 14.3 Å². The fourth-order valence-corrected chi connectivity index (χ4v) is 3.56. The van der Waals surface area contributed by atoms with Crippen LogP contribution < -0.4 is 10.6 Å². The number of amides is 3. The number of aliphatic hydroxyl groups excluding tert-OH is 1. The summed E-state index contributed by atoms with van der Waals surface area (Å²) in [5.41, 5.74) is 0.846. The van der Waals surface area contributed by atoms with Gasteiger partial charge in [0.05, 0.1) is 6.61 Å². The molecule has 3 amide bonds. The first-order chi connectivity index (χ1) is 16.1. The summed E-state index contributed by atoms with van der Waals surface area (Å²) in [5.74, 6) is -0.801. The molecule has 0 bridgehead atoms. The van der Waals surface area contributed by atoms with E-state index in [1.165, 1.54) is 4.90 Å². The molecule has 0 aliphatic rings. The van der Waals surface area contributed by atoms with Gasteiger partial charge in [0, 0.05) is 13.1 Å². The van der Waals surface area contributed by atoms with E-state index in [2.05, 4.69) is 17.6 Å². The third kappa shape index (κ3) is 9.71. The quantitative estimate of drug-likeness (QED) is 0.374. The van der Waals surface area contributed by atoms with Crippen molar-refractivity contribution in [2.24, 2.45) is 0 Å². The van der Waals surface area contributed by atoms with Gasteiger partial charge < -0.3 is 25.4 Å². The smallest absolute Gasteiger partial charge is 0.408 e. The van der Waals surface area contributed by atoms with Crippen LogP contribution in [0.15, 0.2) is 24.3 Å². The molecule has 2 unspecified atom stereocenters. The van der Waals surface area contributed by atoms with E-state index in [1.54, 1.807) is 20.8 Å². The second kappa shape index (κ2) is 14.6. The molecule has 0 heterocycles. The van der Waals surface area contributed by atoms with Crippen LogP contribution >= 0.6 is 0 Å². The molecule has 0 radical (unpaired) electrons. The van der Waals surface area contributed by atoms with E-state index in [1.807, 2.05) is 38.1 Å². The highest BCUT2D eigenvalue weighted by Gasteiger charge is 2.36. The van der Waals surface area contributed by atoms with Gasteiger partial charge in [0.1, 0.15) is 17.7 Å². The third-order valence-electron chi connectivity index (χ3n) is 5.33. The molecule has 0 aromatic heterocycles. The van der Waals surface area contributed by atoms with Gasteiger partial charge in [-0.3, -0.25) is 9.59 Å². The lowest BCUT2D eigenvalue weighted by molar-refractivity contribution is -0.143. The topological polar surface area (TPSA) is 108 Å². The molecular formula is C26H43N3O5. The summed E-state index contributed by atoms with van der Waals surface area (Å²) in [5, 5.41) is 15.4. The number of alkyl carbamates (subject to hydrolysis) is 1. The number of rotatable bonds is 13. The fourth-order valence-electron chi connectivity index (χ4n) is 3.56. The molecule has 8 heteroatoms. The van der Waals surface area contributed by atoms with Gasteiger partial charge >= 0.3 is 6.09 Å². The molecule has 0 spiro atoms. The van der Waals surface area contributed by atoms with E-state index < -0.39 is 36.3 Å². The zero-order chi connectivity index (χ0) is 25.7. The number of hydrogen-bond acceptors (Lipinski definition) is 5. The number of nitrogens with zero attached hydrogens (tertiary/aromatic N) is 1. The van der Waals surface area contributed by atoms with Crippen molar-refractivity contribution in [2.75, 3.05) is 19.7 Å². The number of carbonyl (C=O) groups is 3. The average molecular weight is 478 g/mol. The van der Waals surface area contributed by atoms with Crippen molar-refractivity contribution in [3.05, 3.63) is 35.4 Å². The van der Waals surface area contributed by atoms with E-state index in [-0.39, 0.29) is 5.91 Å². The maximum absolute atomic E-state index is 13.6. The highest BCUT2D eigenvalue weighted by Crippen LogP contribution is 2.26. The maximum atomic E-state index is 13.6. The number of hydrogen-bond donors (Lipinski definition) is 3. The lowest BCUT2D eigenvalue weighted by atomic mass is 9.97. The van der Waals surface area contributed by atoms with Gasteiger partial charge in [-0.15, -0.1) is 0 Å². The minimum absolute atomic E-state index is 0.276. The molecule has 192 valence electrons. The SMILES string of the molecule is CCCCCN(C(=O)C(CO)NC(=O)OC(C)(C)C)C(C(=O)NCCCC)c1ccccc1C. The first-order valence-electron chi connectivity index (χ1n) is 12.3. The molecule has 1 aromatic rings. The summed E-state index contributed by atoms with van der Waals surface area (Å²) < 4.78 is 5.26. The Morgan fingerprint density at radius 1 is 1.06 bits per heavy atom. The molecule has 0 fully saturated rings. The molecule has 8 nitrogen and oxygen atoms in total. The summed E-state index contributed by atoms with van der Waals surface area (Å²) in [7, 11) is 0. The third-order valence-corrected chi connectivity index (χ3v) is 5.33. The molecule has 2 atom stereocenters. The number of aryl methyl sites for hydroxylation is 1. The first-order valence-corrected chi connectivity index (χ1v) is 12.3. The van der Waals surface area contributed by atoms with Gasteiger partial charge in [0.15, 0.2) is 0 Å². The summed E-state index contributed by atoms with van der Waals surface area (Å²) in [6.07, 6.45) is 3.48. The number of nitrogens with one attached hydrogen (secondary N) is 2. The number of unbranched alkanes of at least 4 members (excludes halogenated alkanes) is 3. The summed E-state index contributed by atoms with van der Waals surface area (Å²) >= 11 is 0. The Morgan fingerprint density at radius 3 is 2.26 bits per heavy atom. The molecule has 3 N–H and O–H groups in total. The molecule has 1 aromatic carbocycles. The van der Waals surface area contributed by atoms with Gasteiger partial charge in [-0.25, -0.2) is 4.79 Å². The van der Waals surface area contributed by atoms with E-state index in [0.29, 0.717) is 19.5 Å². The minimum Gasteiger partial charge on any atom is -0.444 e. The monoisotopic (exact) mass is 477 g/mol. The van der Waals surface area contributed by atoms with Crippen molar-refractivity contribution >= 4 is 17.9 Å². The zero-order valence-electron chi connectivity index (χ0n) is 21.6. The molecule has 0 aliphatic heterocycles. The fraction of sp³-hybridized carbons (Fsp3) is 0.654. The second-order valence-corrected chi connectivity index (χ2v) is 9.52. The van der Waals surface area contributed by atoms with Crippen molar-refractivity contribution < 1.29 is 24.2 Å². The zero-order valence-corrected chi connectivity index (χ0v) is 21.6. The lowest BCUT2D eigenvalue weighted by Crippen LogP contribution is -2.54. The van der Waals surface area contributed by atoms with Crippen LogP contribution in [0.2, 0.25) is 0 Å². The predicted molar refractivity (Wildman–Crippen MR) is 133 cm³/mol. The Hall–Kier alpha value is -2.61. The number of aliphatic hydroxyl groups is 1. The van der Waals surface area contributed by atoms with E-state index in [0.717, 1.165) is 36.8 Å². The van der Waals surface area contributed by atoms with Crippen LogP contribution in [0.5, 0.6) is 0 Å². The molecular weight excluding hydrogens is 434 g/mol. The first kappa shape index (κ1) is 29.4. The van der Waals surface area contributed by atoms with Crippen LogP contribution in [0.3, 0.4) is 0 Å². The van der Waals surface area contributed by atoms with Gasteiger partial charge in [-0.05, 0) is 51.7 Å². The van der Waals surface area contributed by atoms with Crippen LogP contribution in [0.25, 0.3) is 0 Å².